The number of rotatable bonds is 5. The molecule has 2 aromatic heterocycles. The number of halogens is 1. The maximum absolute atomic E-state index is 13.4. The number of benzene rings is 2. The lowest BCUT2D eigenvalue weighted by Crippen LogP contribution is -2.19. The Bertz CT molecular complexity index is 1300. The normalized spacial score (nSPS) is 11.5. The third kappa shape index (κ3) is 4.16. The van der Waals surface area contributed by atoms with E-state index in [1.807, 2.05) is 43.3 Å². The SMILES string of the molecule is COc1ccc(-c2[nH]n(-c3ccc(F)cc3)c(=O)c2/C(C)=N/c2cccc(C)n2)cc1. The molecule has 0 saturated heterocycles. The maximum Gasteiger partial charge on any atom is 0.280 e. The van der Waals surface area contributed by atoms with Crippen LogP contribution in [0.2, 0.25) is 0 Å². The van der Waals surface area contributed by atoms with Crippen LogP contribution in [0.1, 0.15) is 18.2 Å². The first kappa shape index (κ1) is 20.3. The van der Waals surface area contributed by atoms with E-state index in [-0.39, 0.29) is 11.4 Å². The van der Waals surface area contributed by atoms with Crippen molar-refractivity contribution in [2.24, 2.45) is 4.99 Å². The summed E-state index contributed by atoms with van der Waals surface area (Å²) in [5.41, 5.74) is 3.40. The molecule has 0 spiro atoms. The molecule has 0 bridgehead atoms. The molecule has 0 aliphatic rings. The van der Waals surface area contributed by atoms with Crippen molar-refractivity contribution in [3.8, 4) is 22.7 Å². The number of nitrogens with zero attached hydrogens (tertiary/aromatic N) is 3. The standard InChI is InChI=1S/C24H21FN4O2/c1-15-5-4-6-21(26-15)27-16(2)22-23(17-7-13-20(31-3)14-8-17)28-29(24(22)30)19-11-9-18(25)10-12-19/h4-14,28H,1-3H3/b27-16+. The molecule has 1 N–H and O–H groups in total. The second kappa shape index (κ2) is 8.39. The number of methoxy groups -OCH3 is 1. The lowest BCUT2D eigenvalue weighted by molar-refractivity contribution is 0.415. The molecule has 2 heterocycles. The van der Waals surface area contributed by atoms with E-state index in [0.717, 1.165) is 11.3 Å². The average Bonchev–Trinajstić information content (AvgIpc) is 3.11. The number of aromatic amines is 1. The second-order valence-electron chi connectivity index (χ2n) is 7.04. The Morgan fingerprint density at radius 2 is 1.77 bits per heavy atom. The number of pyridine rings is 1. The summed E-state index contributed by atoms with van der Waals surface area (Å²) in [5.74, 6) is 0.856. The summed E-state index contributed by atoms with van der Waals surface area (Å²) in [5, 5.41) is 3.16. The molecule has 4 rings (SSSR count). The maximum atomic E-state index is 13.4. The Labute approximate surface area is 178 Å². The van der Waals surface area contributed by atoms with Crippen molar-refractivity contribution < 1.29 is 9.13 Å². The van der Waals surface area contributed by atoms with Gasteiger partial charge in [-0.25, -0.2) is 19.0 Å². The molecule has 7 heteroatoms. The number of hydrogen-bond donors (Lipinski definition) is 1. The zero-order valence-electron chi connectivity index (χ0n) is 17.4. The number of ether oxygens (including phenoxy) is 1. The fraction of sp³-hybridized carbons (Fsp3) is 0.125. The van der Waals surface area contributed by atoms with E-state index < -0.39 is 0 Å². The summed E-state index contributed by atoms with van der Waals surface area (Å²) >= 11 is 0. The smallest absolute Gasteiger partial charge is 0.280 e. The summed E-state index contributed by atoms with van der Waals surface area (Å²) in [6.07, 6.45) is 0. The summed E-state index contributed by atoms with van der Waals surface area (Å²) in [7, 11) is 1.60. The van der Waals surface area contributed by atoms with Crippen LogP contribution in [0.5, 0.6) is 5.75 Å². The molecule has 0 unspecified atom stereocenters. The number of aliphatic imine (C=N–C) groups is 1. The summed E-state index contributed by atoms with van der Waals surface area (Å²) in [4.78, 5) is 22.4. The van der Waals surface area contributed by atoms with Crippen LogP contribution < -0.4 is 10.3 Å². The molecule has 31 heavy (non-hydrogen) atoms. The Balaban J connectivity index is 1.90. The van der Waals surface area contributed by atoms with Crippen molar-refractivity contribution in [3.63, 3.8) is 0 Å². The predicted octanol–water partition coefficient (Wildman–Crippen LogP) is 4.82. The Hall–Kier alpha value is -4.00. The molecule has 0 aliphatic heterocycles. The van der Waals surface area contributed by atoms with Gasteiger partial charge >= 0.3 is 0 Å². The van der Waals surface area contributed by atoms with E-state index in [1.165, 1.54) is 16.8 Å². The van der Waals surface area contributed by atoms with Gasteiger partial charge in [-0.2, -0.15) is 0 Å². The fourth-order valence-electron chi connectivity index (χ4n) is 3.33. The van der Waals surface area contributed by atoms with Crippen LogP contribution in [-0.2, 0) is 0 Å². The molecular weight excluding hydrogens is 395 g/mol. The van der Waals surface area contributed by atoms with Gasteiger partial charge in [0.05, 0.1) is 29.8 Å². The quantitative estimate of drug-likeness (QED) is 0.474. The van der Waals surface area contributed by atoms with Gasteiger partial charge in [-0.05, 0) is 74.5 Å². The van der Waals surface area contributed by atoms with Crippen LogP contribution in [0.25, 0.3) is 16.9 Å². The lowest BCUT2D eigenvalue weighted by Gasteiger charge is -2.05. The van der Waals surface area contributed by atoms with Gasteiger partial charge in [0.15, 0.2) is 5.82 Å². The first-order chi connectivity index (χ1) is 15.0. The van der Waals surface area contributed by atoms with Gasteiger partial charge in [-0.3, -0.25) is 9.89 Å². The van der Waals surface area contributed by atoms with E-state index in [4.69, 9.17) is 4.74 Å². The van der Waals surface area contributed by atoms with Gasteiger partial charge in [-0.15, -0.1) is 0 Å². The number of nitrogens with one attached hydrogen (secondary N) is 1. The highest BCUT2D eigenvalue weighted by Gasteiger charge is 2.19. The number of hydrogen-bond acceptors (Lipinski definition) is 4. The van der Waals surface area contributed by atoms with Gasteiger partial charge in [0.25, 0.3) is 5.56 Å². The minimum Gasteiger partial charge on any atom is -0.497 e. The minimum absolute atomic E-state index is 0.286. The molecular formula is C24H21FN4O2. The molecule has 0 atom stereocenters. The van der Waals surface area contributed by atoms with Crippen molar-refractivity contribution in [1.29, 1.82) is 0 Å². The molecule has 0 amide bonds. The highest BCUT2D eigenvalue weighted by molar-refractivity contribution is 6.04. The minimum atomic E-state index is -0.373. The summed E-state index contributed by atoms with van der Waals surface area (Å²) in [6.45, 7) is 3.66. The highest BCUT2D eigenvalue weighted by Crippen LogP contribution is 2.25. The van der Waals surface area contributed by atoms with E-state index in [2.05, 4.69) is 15.1 Å². The van der Waals surface area contributed by atoms with Gasteiger partial charge in [0.1, 0.15) is 11.6 Å². The van der Waals surface area contributed by atoms with Crippen molar-refractivity contribution in [2.75, 3.05) is 7.11 Å². The second-order valence-corrected chi connectivity index (χ2v) is 7.04. The molecule has 2 aromatic carbocycles. The van der Waals surface area contributed by atoms with Crippen LogP contribution in [0.3, 0.4) is 0 Å². The zero-order chi connectivity index (χ0) is 22.0. The first-order valence-electron chi connectivity index (χ1n) is 9.71. The Morgan fingerprint density at radius 3 is 2.42 bits per heavy atom. The predicted molar refractivity (Wildman–Crippen MR) is 119 cm³/mol. The molecule has 0 radical (unpaired) electrons. The third-order valence-corrected chi connectivity index (χ3v) is 4.87. The molecule has 0 fully saturated rings. The number of H-pyrrole nitrogens is 1. The van der Waals surface area contributed by atoms with Crippen LogP contribution in [0.4, 0.5) is 10.2 Å². The third-order valence-electron chi connectivity index (χ3n) is 4.87. The van der Waals surface area contributed by atoms with E-state index in [9.17, 15) is 9.18 Å². The Kier molecular flexibility index (Phi) is 5.49. The summed E-state index contributed by atoms with van der Waals surface area (Å²) in [6, 6.07) is 18.6. The Morgan fingerprint density at radius 1 is 1.06 bits per heavy atom. The lowest BCUT2D eigenvalue weighted by atomic mass is 10.1. The monoisotopic (exact) mass is 416 g/mol. The molecule has 4 aromatic rings. The zero-order valence-corrected chi connectivity index (χ0v) is 17.4. The van der Waals surface area contributed by atoms with Crippen molar-refractivity contribution in [2.45, 2.75) is 13.8 Å². The molecule has 0 aliphatic carbocycles. The molecule has 156 valence electrons. The van der Waals surface area contributed by atoms with Gasteiger partial charge in [0.2, 0.25) is 0 Å². The van der Waals surface area contributed by atoms with E-state index in [0.29, 0.717) is 34.2 Å². The first-order valence-corrected chi connectivity index (χ1v) is 9.71. The van der Waals surface area contributed by atoms with Crippen LogP contribution in [0.15, 0.2) is 76.5 Å². The fourth-order valence-corrected chi connectivity index (χ4v) is 3.33. The van der Waals surface area contributed by atoms with Crippen molar-refractivity contribution in [1.82, 2.24) is 14.8 Å². The largest absolute Gasteiger partial charge is 0.497 e. The van der Waals surface area contributed by atoms with Crippen molar-refractivity contribution in [3.05, 3.63) is 94.2 Å². The molecule has 0 saturated carbocycles. The van der Waals surface area contributed by atoms with Crippen LogP contribution in [0, 0.1) is 12.7 Å². The summed E-state index contributed by atoms with van der Waals surface area (Å²) < 4.78 is 20.0. The van der Waals surface area contributed by atoms with Gasteiger partial charge in [0, 0.05) is 11.3 Å². The van der Waals surface area contributed by atoms with E-state index in [1.54, 1.807) is 32.2 Å². The topological polar surface area (TPSA) is 72.3 Å². The number of aromatic nitrogens is 3. The highest BCUT2D eigenvalue weighted by atomic mass is 19.1. The van der Waals surface area contributed by atoms with Crippen molar-refractivity contribution >= 4 is 11.5 Å². The van der Waals surface area contributed by atoms with Gasteiger partial charge < -0.3 is 4.74 Å². The molecule has 6 nitrogen and oxygen atoms in total. The van der Waals surface area contributed by atoms with Crippen LogP contribution >= 0.6 is 0 Å². The van der Waals surface area contributed by atoms with Gasteiger partial charge in [-0.1, -0.05) is 6.07 Å². The number of aryl methyl sites for hydroxylation is 1. The average molecular weight is 416 g/mol. The van der Waals surface area contributed by atoms with E-state index >= 15 is 0 Å². The van der Waals surface area contributed by atoms with Crippen LogP contribution in [-0.4, -0.2) is 27.6 Å².